The second-order valence-electron chi connectivity index (χ2n) is 7.41. The summed E-state index contributed by atoms with van der Waals surface area (Å²) >= 11 is 0. The first-order chi connectivity index (χ1) is 14.7. The molecule has 1 amide bonds. The van der Waals surface area contributed by atoms with Gasteiger partial charge in [-0.15, -0.1) is 0 Å². The quantitative estimate of drug-likeness (QED) is 0.519. The largest absolute Gasteiger partial charge is 0.490 e. The van der Waals surface area contributed by atoms with Crippen LogP contribution in [0, 0.1) is 0 Å². The fourth-order valence-electron chi connectivity index (χ4n) is 3.74. The van der Waals surface area contributed by atoms with Gasteiger partial charge in [-0.05, 0) is 41.8 Å². The minimum absolute atomic E-state index is 0.143. The maximum atomic E-state index is 11.7. The number of carbonyl (C=O) groups excluding carboxylic acids is 1. The molecule has 6 nitrogen and oxygen atoms in total. The minimum atomic E-state index is -0.198. The van der Waals surface area contributed by atoms with Crippen molar-refractivity contribution in [2.24, 2.45) is 10.7 Å². The van der Waals surface area contributed by atoms with E-state index in [0.717, 1.165) is 28.6 Å². The van der Waals surface area contributed by atoms with Crippen molar-refractivity contribution in [1.29, 1.82) is 0 Å². The summed E-state index contributed by atoms with van der Waals surface area (Å²) < 4.78 is 5.92. The molecule has 5 rings (SSSR count). The zero-order valence-corrected chi connectivity index (χ0v) is 16.2. The van der Waals surface area contributed by atoms with E-state index in [1.807, 2.05) is 36.5 Å². The van der Waals surface area contributed by atoms with Crippen molar-refractivity contribution in [1.82, 2.24) is 9.97 Å². The van der Waals surface area contributed by atoms with Gasteiger partial charge in [-0.1, -0.05) is 24.3 Å². The van der Waals surface area contributed by atoms with Crippen molar-refractivity contribution in [3.63, 3.8) is 0 Å². The Balaban J connectivity index is 1.27. The maximum Gasteiger partial charge on any atom is 0.277 e. The van der Waals surface area contributed by atoms with Gasteiger partial charge >= 0.3 is 0 Å². The van der Waals surface area contributed by atoms with Crippen molar-refractivity contribution in [3.05, 3.63) is 83.8 Å². The number of para-hydroxylation sites is 1. The first-order valence-electron chi connectivity index (χ1n) is 9.78. The number of amides is 1. The molecule has 2 aromatic heterocycles. The number of ether oxygens (including phenoxy) is 1. The standard InChI is InChI=1S/C24H20N4O2/c25-19(8-18-11-27-23-4-2-1-3-21(18)23)14-30-20-9-16(10-26-13-20)15-5-6-22-17(7-15)12-28-24(22)29/h1-7,9-13,19,27H,8,14,25H2/t19-/m0/s1. The summed E-state index contributed by atoms with van der Waals surface area (Å²) in [5.41, 5.74) is 11.9. The topological polar surface area (TPSA) is 93.4 Å². The molecule has 0 saturated carbocycles. The second kappa shape index (κ2) is 7.57. The Bertz CT molecular complexity index is 1280. The smallest absolute Gasteiger partial charge is 0.277 e. The summed E-state index contributed by atoms with van der Waals surface area (Å²) in [6.07, 6.45) is 7.78. The minimum Gasteiger partial charge on any atom is -0.490 e. The Hall–Kier alpha value is -3.77. The molecular formula is C24H20N4O2. The molecule has 4 aromatic rings. The van der Waals surface area contributed by atoms with Gasteiger partial charge in [0.25, 0.3) is 5.91 Å². The van der Waals surface area contributed by atoms with Crippen LogP contribution in [0.2, 0.25) is 0 Å². The van der Waals surface area contributed by atoms with Crippen molar-refractivity contribution < 1.29 is 9.53 Å². The third-order valence-corrected chi connectivity index (χ3v) is 5.27. The summed E-state index contributed by atoms with van der Waals surface area (Å²) in [5, 5.41) is 1.19. The van der Waals surface area contributed by atoms with Gasteiger partial charge in [-0.2, -0.15) is 0 Å². The van der Waals surface area contributed by atoms with Gasteiger partial charge in [-0.3, -0.25) is 9.78 Å². The molecule has 148 valence electrons. The van der Waals surface area contributed by atoms with E-state index >= 15 is 0 Å². The summed E-state index contributed by atoms with van der Waals surface area (Å²) in [6, 6.07) is 15.6. The third kappa shape index (κ3) is 3.49. The molecular weight excluding hydrogens is 376 g/mol. The number of aliphatic imine (C=N–C) groups is 1. The normalized spacial score (nSPS) is 13.6. The number of benzene rings is 2. The highest BCUT2D eigenvalue weighted by atomic mass is 16.5. The second-order valence-corrected chi connectivity index (χ2v) is 7.41. The summed E-state index contributed by atoms with van der Waals surface area (Å²) in [5.74, 6) is 0.461. The van der Waals surface area contributed by atoms with Crippen molar-refractivity contribution in [2.45, 2.75) is 12.5 Å². The van der Waals surface area contributed by atoms with E-state index in [1.165, 1.54) is 10.9 Å². The van der Waals surface area contributed by atoms with Crippen LogP contribution in [0.25, 0.3) is 22.0 Å². The summed E-state index contributed by atoms with van der Waals surface area (Å²) in [7, 11) is 0. The number of hydrogen-bond donors (Lipinski definition) is 2. The number of H-pyrrole nitrogens is 1. The van der Waals surface area contributed by atoms with Crippen molar-refractivity contribution >= 4 is 23.0 Å². The molecule has 0 unspecified atom stereocenters. The molecule has 0 radical (unpaired) electrons. The number of rotatable bonds is 6. The highest BCUT2D eigenvalue weighted by Gasteiger charge is 2.16. The molecule has 3 N–H and O–H groups in total. The van der Waals surface area contributed by atoms with Crippen LogP contribution >= 0.6 is 0 Å². The lowest BCUT2D eigenvalue weighted by molar-refractivity contribution is 0.101. The number of fused-ring (bicyclic) bond motifs is 2. The highest BCUT2D eigenvalue weighted by molar-refractivity contribution is 6.13. The van der Waals surface area contributed by atoms with E-state index in [4.69, 9.17) is 10.5 Å². The average Bonchev–Trinajstić information content (AvgIpc) is 3.36. The Morgan fingerprint density at radius 2 is 1.97 bits per heavy atom. The number of aromatic amines is 1. The summed E-state index contributed by atoms with van der Waals surface area (Å²) in [6.45, 7) is 0.385. The zero-order chi connectivity index (χ0) is 20.5. The van der Waals surface area contributed by atoms with E-state index in [2.05, 4.69) is 27.1 Å². The predicted molar refractivity (Wildman–Crippen MR) is 117 cm³/mol. The number of nitrogens with two attached hydrogens (primary N) is 1. The molecule has 1 atom stereocenters. The molecule has 0 bridgehead atoms. The van der Waals surface area contributed by atoms with E-state index in [-0.39, 0.29) is 11.9 Å². The molecule has 2 aromatic carbocycles. The molecule has 1 aliphatic rings. The zero-order valence-electron chi connectivity index (χ0n) is 16.2. The lowest BCUT2D eigenvalue weighted by Gasteiger charge is -2.13. The van der Waals surface area contributed by atoms with Crippen LogP contribution in [0.3, 0.4) is 0 Å². The number of aromatic nitrogens is 2. The van der Waals surface area contributed by atoms with Gasteiger partial charge in [0.1, 0.15) is 12.4 Å². The molecule has 0 saturated heterocycles. The van der Waals surface area contributed by atoms with E-state index in [0.29, 0.717) is 17.9 Å². The van der Waals surface area contributed by atoms with Gasteiger partial charge < -0.3 is 15.5 Å². The van der Waals surface area contributed by atoms with Crippen LogP contribution < -0.4 is 10.5 Å². The molecule has 0 aliphatic carbocycles. The van der Waals surface area contributed by atoms with Gasteiger partial charge in [0.05, 0.1) is 11.8 Å². The van der Waals surface area contributed by atoms with Gasteiger partial charge in [-0.25, -0.2) is 4.99 Å². The number of carbonyl (C=O) groups is 1. The van der Waals surface area contributed by atoms with Crippen LogP contribution in [-0.4, -0.2) is 34.7 Å². The van der Waals surface area contributed by atoms with Gasteiger partial charge in [0.15, 0.2) is 0 Å². The van der Waals surface area contributed by atoms with E-state index < -0.39 is 0 Å². The van der Waals surface area contributed by atoms with Crippen LogP contribution in [-0.2, 0) is 6.42 Å². The fraction of sp³-hybridized carbons (Fsp3) is 0.125. The molecule has 1 aliphatic heterocycles. The molecule has 0 spiro atoms. The number of nitrogens with zero attached hydrogens (tertiary/aromatic N) is 2. The van der Waals surface area contributed by atoms with Gasteiger partial charge in [0, 0.05) is 46.7 Å². The SMILES string of the molecule is N[C@H](COc1cncc(-c2ccc3c(c2)C=NC3=O)c1)Cc1c[nH]c2ccccc12. The maximum absolute atomic E-state index is 11.7. The predicted octanol–water partition coefficient (Wildman–Crippen LogP) is 3.75. The average molecular weight is 396 g/mol. The highest BCUT2D eigenvalue weighted by Crippen LogP contribution is 2.26. The Kier molecular flexibility index (Phi) is 4.61. The number of pyridine rings is 1. The van der Waals surface area contributed by atoms with Crippen LogP contribution in [0.15, 0.2) is 72.1 Å². The number of nitrogens with one attached hydrogen (secondary N) is 1. The monoisotopic (exact) mass is 396 g/mol. The molecule has 30 heavy (non-hydrogen) atoms. The Labute approximate surface area is 173 Å². The van der Waals surface area contributed by atoms with E-state index in [1.54, 1.807) is 24.7 Å². The number of hydrogen-bond acceptors (Lipinski definition) is 4. The fourth-order valence-corrected chi connectivity index (χ4v) is 3.74. The summed E-state index contributed by atoms with van der Waals surface area (Å²) in [4.78, 5) is 23.1. The van der Waals surface area contributed by atoms with Crippen LogP contribution in [0.1, 0.15) is 21.5 Å². The Morgan fingerprint density at radius 3 is 2.90 bits per heavy atom. The van der Waals surface area contributed by atoms with Crippen molar-refractivity contribution in [3.8, 4) is 16.9 Å². The van der Waals surface area contributed by atoms with Crippen LogP contribution in [0.4, 0.5) is 0 Å². The molecule has 0 fully saturated rings. The lowest BCUT2D eigenvalue weighted by atomic mass is 10.0. The van der Waals surface area contributed by atoms with E-state index in [9.17, 15) is 4.79 Å². The Morgan fingerprint density at radius 1 is 1.07 bits per heavy atom. The molecule has 3 heterocycles. The third-order valence-electron chi connectivity index (χ3n) is 5.27. The van der Waals surface area contributed by atoms with Crippen molar-refractivity contribution in [2.75, 3.05) is 6.61 Å². The lowest BCUT2D eigenvalue weighted by Crippen LogP contribution is -2.30. The van der Waals surface area contributed by atoms with Crippen LogP contribution in [0.5, 0.6) is 5.75 Å². The first kappa shape index (κ1) is 18.3. The van der Waals surface area contributed by atoms with Gasteiger partial charge in [0.2, 0.25) is 0 Å². The molecule has 6 heteroatoms. The first-order valence-corrected chi connectivity index (χ1v) is 9.78.